The Kier molecular flexibility index (Phi) is 4.74. The van der Waals surface area contributed by atoms with Crippen LogP contribution in [0.5, 0.6) is 0 Å². The standard InChI is InChI=1S/C13H16BrNO3/c1-9-2-3-12(14)11(6-9)13(16)15-7-10-8-17-4-5-18-10/h2-3,6,10H,4-5,7-8H2,1H3,(H,15,16). The molecule has 1 heterocycles. The van der Waals surface area contributed by atoms with Crippen molar-refractivity contribution in [1.82, 2.24) is 5.32 Å². The van der Waals surface area contributed by atoms with Gasteiger partial charge in [-0.25, -0.2) is 0 Å². The molecule has 1 amide bonds. The summed E-state index contributed by atoms with van der Waals surface area (Å²) in [5.74, 6) is -0.0975. The molecule has 1 saturated heterocycles. The summed E-state index contributed by atoms with van der Waals surface area (Å²) in [4.78, 5) is 12.0. The normalized spacial score (nSPS) is 19.6. The van der Waals surface area contributed by atoms with Crippen LogP contribution in [0, 0.1) is 6.92 Å². The first-order valence-electron chi connectivity index (χ1n) is 5.90. The lowest BCUT2D eigenvalue weighted by molar-refractivity contribution is -0.0855. The first kappa shape index (κ1) is 13.5. The molecule has 1 fully saturated rings. The molecular formula is C13H16BrNO3. The fourth-order valence-corrected chi connectivity index (χ4v) is 2.20. The Bertz CT molecular complexity index is 430. The van der Waals surface area contributed by atoms with Crippen molar-refractivity contribution in [1.29, 1.82) is 0 Å². The fourth-order valence-electron chi connectivity index (χ4n) is 1.77. The summed E-state index contributed by atoms with van der Waals surface area (Å²) in [6.45, 7) is 4.19. The number of benzene rings is 1. The van der Waals surface area contributed by atoms with Gasteiger partial charge in [-0.1, -0.05) is 11.6 Å². The molecule has 5 heteroatoms. The predicted octanol–water partition coefficient (Wildman–Crippen LogP) is 1.90. The van der Waals surface area contributed by atoms with E-state index in [1.54, 1.807) is 0 Å². The van der Waals surface area contributed by atoms with E-state index in [0.29, 0.717) is 31.9 Å². The molecule has 98 valence electrons. The minimum atomic E-state index is -0.0975. The van der Waals surface area contributed by atoms with Crippen LogP contribution in [0.4, 0.5) is 0 Å². The van der Waals surface area contributed by atoms with Crippen molar-refractivity contribution in [3.05, 3.63) is 33.8 Å². The van der Waals surface area contributed by atoms with E-state index in [4.69, 9.17) is 9.47 Å². The number of halogens is 1. The lowest BCUT2D eigenvalue weighted by Gasteiger charge is -2.23. The van der Waals surface area contributed by atoms with Crippen molar-refractivity contribution in [2.45, 2.75) is 13.0 Å². The average Bonchev–Trinajstić information content (AvgIpc) is 2.40. The van der Waals surface area contributed by atoms with E-state index in [-0.39, 0.29) is 12.0 Å². The van der Waals surface area contributed by atoms with Crippen LogP contribution < -0.4 is 5.32 Å². The van der Waals surface area contributed by atoms with Gasteiger partial charge in [0.05, 0.1) is 31.5 Å². The molecule has 1 atom stereocenters. The number of aryl methyl sites for hydroxylation is 1. The van der Waals surface area contributed by atoms with E-state index in [1.807, 2.05) is 25.1 Å². The smallest absolute Gasteiger partial charge is 0.252 e. The maximum atomic E-state index is 12.0. The highest BCUT2D eigenvalue weighted by Gasteiger charge is 2.16. The third-order valence-corrected chi connectivity index (χ3v) is 3.43. The first-order chi connectivity index (χ1) is 8.66. The Balaban J connectivity index is 1.92. The quantitative estimate of drug-likeness (QED) is 0.927. The number of carbonyl (C=O) groups excluding carboxylic acids is 1. The van der Waals surface area contributed by atoms with Crippen molar-refractivity contribution in [2.24, 2.45) is 0 Å². The zero-order chi connectivity index (χ0) is 13.0. The van der Waals surface area contributed by atoms with Gasteiger partial charge in [0.2, 0.25) is 0 Å². The Hall–Kier alpha value is -0.910. The zero-order valence-corrected chi connectivity index (χ0v) is 11.8. The van der Waals surface area contributed by atoms with E-state index in [9.17, 15) is 4.79 Å². The number of ether oxygens (including phenoxy) is 2. The van der Waals surface area contributed by atoms with E-state index in [2.05, 4.69) is 21.2 Å². The number of rotatable bonds is 3. The number of hydrogen-bond donors (Lipinski definition) is 1. The van der Waals surface area contributed by atoms with Gasteiger partial charge in [0.1, 0.15) is 0 Å². The van der Waals surface area contributed by atoms with Crippen LogP contribution in [0.1, 0.15) is 15.9 Å². The molecule has 0 radical (unpaired) electrons. The second-order valence-corrected chi connectivity index (χ2v) is 5.12. The van der Waals surface area contributed by atoms with Crippen molar-refractivity contribution in [3.63, 3.8) is 0 Å². The lowest BCUT2D eigenvalue weighted by atomic mass is 10.1. The average molecular weight is 314 g/mol. The third-order valence-electron chi connectivity index (χ3n) is 2.74. The number of amides is 1. The van der Waals surface area contributed by atoms with Crippen LogP contribution in [-0.4, -0.2) is 38.4 Å². The SMILES string of the molecule is Cc1ccc(Br)c(C(=O)NCC2COCCO2)c1. The summed E-state index contributed by atoms with van der Waals surface area (Å²) in [6, 6.07) is 5.70. The van der Waals surface area contributed by atoms with E-state index < -0.39 is 0 Å². The zero-order valence-electron chi connectivity index (χ0n) is 10.2. The highest BCUT2D eigenvalue weighted by atomic mass is 79.9. The summed E-state index contributed by atoms with van der Waals surface area (Å²) >= 11 is 3.38. The Morgan fingerprint density at radius 3 is 3.06 bits per heavy atom. The summed E-state index contributed by atoms with van der Waals surface area (Å²) in [5, 5.41) is 2.86. The molecular weight excluding hydrogens is 298 g/mol. The lowest BCUT2D eigenvalue weighted by Crippen LogP contribution is -2.39. The predicted molar refractivity (Wildman–Crippen MR) is 71.8 cm³/mol. The molecule has 0 saturated carbocycles. The molecule has 1 unspecified atom stereocenters. The van der Waals surface area contributed by atoms with Gasteiger partial charge < -0.3 is 14.8 Å². The molecule has 0 aromatic heterocycles. The van der Waals surface area contributed by atoms with Gasteiger partial charge in [0.15, 0.2) is 0 Å². The molecule has 0 bridgehead atoms. The minimum Gasteiger partial charge on any atom is -0.376 e. The van der Waals surface area contributed by atoms with E-state index in [0.717, 1.165) is 10.0 Å². The molecule has 2 rings (SSSR count). The second kappa shape index (κ2) is 6.31. The summed E-state index contributed by atoms with van der Waals surface area (Å²) in [5.41, 5.74) is 1.70. The molecule has 1 N–H and O–H groups in total. The van der Waals surface area contributed by atoms with Gasteiger partial charge in [-0.15, -0.1) is 0 Å². The van der Waals surface area contributed by atoms with Gasteiger partial charge in [-0.3, -0.25) is 4.79 Å². The van der Waals surface area contributed by atoms with E-state index in [1.165, 1.54) is 0 Å². The van der Waals surface area contributed by atoms with Crippen molar-refractivity contribution < 1.29 is 14.3 Å². The van der Waals surface area contributed by atoms with Gasteiger partial charge in [-0.05, 0) is 35.0 Å². The van der Waals surface area contributed by atoms with Gasteiger partial charge in [0, 0.05) is 11.0 Å². The Morgan fingerprint density at radius 2 is 2.33 bits per heavy atom. The summed E-state index contributed by atoms with van der Waals surface area (Å²) in [7, 11) is 0. The molecule has 1 aliphatic rings. The second-order valence-electron chi connectivity index (χ2n) is 4.26. The number of hydrogen-bond acceptors (Lipinski definition) is 3. The maximum absolute atomic E-state index is 12.0. The highest BCUT2D eigenvalue weighted by Crippen LogP contribution is 2.17. The maximum Gasteiger partial charge on any atom is 0.252 e. The van der Waals surface area contributed by atoms with Crippen LogP contribution in [0.15, 0.2) is 22.7 Å². The molecule has 0 aliphatic carbocycles. The van der Waals surface area contributed by atoms with Crippen LogP contribution in [-0.2, 0) is 9.47 Å². The van der Waals surface area contributed by atoms with Gasteiger partial charge in [0.25, 0.3) is 5.91 Å². The Labute approximate surface area is 115 Å². The van der Waals surface area contributed by atoms with Crippen LogP contribution in [0.2, 0.25) is 0 Å². The molecule has 1 aromatic carbocycles. The minimum absolute atomic E-state index is 0.0497. The first-order valence-corrected chi connectivity index (χ1v) is 6.70. The van der Waals surface area contributed by atoms with Crippen LogP contribution >= 0.6 is 15.9 Å². The molecule has 18 heavy (non-hydrogen) atoms. The van der Waals surface area contributed by atoms with Gasteiger partial charge >= 0.3 is 0 Å². The fraction of sp³-hybridized carbons (Fsp3) is 0.462. The largest absolute Gasteiger partial charge is 0.376 e. The third kappa shape index (κ3) is 3.54. The molecule has 4 nitrogen and oxygen atoms in total. The van der Waals surface area contributed by atoms with Crippen LogP contribution in [0.25, 0.3) is 0 Å². The van der Waals surface area contributed by atoms with Crippen molar-refractivity contribution in [3.8, 4) is 0 Å². The monoisotopic (exact) mass is 313 g/mol. The topological polar surface area (TPSA) is 47.6 Å². The highest BCUT2D eigenvalue weighted by molar-refractivity contribution is 9.10. The van der Waals surface area contributed by atoms with Crippen LogP contribution in [0.3, 0.4) is 0 Å². The summed E-state index contributed by atoms with van der Waals surface area (Å²) in [6.07, 6.45) is -0.0497. The number of nitrogens with one attached hydrogen (secondary N) is 1. The molecule has 1 aliphatic heterocycles. The Morgan fingerprint density at radius 1 is 1.50 bits per heavy atom. The van der Waals surface area contributed by atoms with Gasteiger partial charge in [-0.2, -0.15) is 0 Å². The summed E-state index contributed by atoms with van der Waals surface area (Å²) < 4.78 is 11.5. The number of carbonyl (C=O) groups is 1. The van der Waals surface area contributed by atoms with E-state index >= 15 is 0 Å². The molecule has 1 aromatic rings. The van der Waals surface area contributed by atoms with Crippen molar-refractivity contribution in [2.75, 3.05) is 26.4 Å². The molecule has 0 spiro atoms. The van der Waals surface area contributed by atoms with Crippen molar-refractivity contribution >= 4 is 21.8 Å².